The summed E-state index contributed by atoms with van der Waals surface area (Å²) in [5.74, 6) is 0.951. The first-order valence-corrected chi connectivity index (χ1v) is 6.99. The number of hydrogen-bond acceptors (Lipinski definition) is 2. The highest BCUT2D eigenvalue weighted by Crippen LogP contribution is 2.32. The monoisotopic (exact) mass is 285 g/mol. The molecule has 1 aliphatic rings. The lowest BCUT2D eigenvalue weighted by molar-refractivity contribution is 0.168. The number of benzene rings is 1. The van der Waals surface area contributed by atoms with E-state index in [9.17, 15) is 0 Å². The van der Waals surface area contributed by atoms with Crippen LogP contribution in [0.15, 0.2) is 30.0 Å². The van der Waals surface area contributed by atoms with Crippen molar-refractivity contribution in [3.05, 3.63) is 45.6 Å². The first-order chi connectivity index (χ1) is 8.72. The zero-order valence-corrected chi connectivity index (χ0v) is 11.9. The smallest absolute Gasteiger partial charge is 0.113 e. The average Bonchev–Trinajstić information content (AvgIpc) is 2.40. The predicted octanol–water partition coefficient (Wildman–Crippen LogP) is 4.34. The van der Waals surface area contributed by atoms with Crippen LogP contribution in [0.25, 0.3) is 0 Å². The molecule has 2 rings (SSSR count). The normalized spacial score (nSPS) is 16.9. The van der Waals surface area contributed by atoms with E-state index in [1.165, 1.54) is 0 Å². The van der Waals surface area contributed by atoms with Crippen LogP contribution in [-0.4, -0.2) is 13.2 Å². The Morgan fingerprint density at radius 3 is 2.89 bits per heavy atom. The van der Waals surface area contributed by atoms with Gasteiger partial charge in [0.15, 0.2) is 0 Å². The van der Waals surface area contributed by atoms with Crippen molar-refractivity contribution in [3.8, 4) is 0 Å². The molecule has 0 radical (unpaired) electrons. The molecule has 1 unspecified atom stereocenters. The first-order valence-electron chi connectivity index (χ1n) is 6.23. The largest absolute Gasteiger partial charge is 0.496 e. The second kappa shape index (κ2) is 6.46. The van der Waals surface area contributed by atoms with Crippen molar-refractivity contribution < 1.29 is 4.74 Å². The molecule has 0 fully saturated rings. The molecular weight excluding hydrogens is 269 g/mol. The minimum atomic E-state index is -0.0125. The molecule has 1 aromatic rings. The van der Waals surface area contributed by atoms with Gasteiger partial charge in [-0.25, -0.2) is 0 Å². The molecule has 1 atom stereocenters. The number of allylic oxidation sites excluding steroid dienone is 1. The average molecular weight is 286 g/mol. The summed E-state index contributed by atoms with van der Waals surface area (Å²) >= 11 is 12.3. The van der Waals surface area contributed by atoms with E-state index in [4.69, 9.17) is 27.9 Å². The molecule has 0 saturated heterocycles. The van der Waals surface area contributed by atoms with Gasteiger partial charge >= 0.3 is 0 Å². The Kier molecular flexibility index (Phi) is 4.93. The molecule has 98 valence electrons. The molecule has 0 bridgehead atoms. The summed E-state index contributed by atoms with van der Waals surface area (Å²) in [6.07, 6.45) is 4.26. The van der Waals surface area contributed by atoms with Crippen LogP contribution in [0.5, 0.6) is 0 Å². The Morgan fingerprint density at radius 2 is 2.22 bits per heavy atom. The van der Waals surface area contributed by atoms with Crippen molar-refractivity contribution in [2.24, 2.45) is 0 Å². The molecule has 1 heterocycles. The van der Waals surface area contributed by atoms with Gasteiger partial charge in [-0.3, -0.25) is 0 Å². The van der Waals surface area contributed by atoms with Crippen LogP contribution < -0.4 is 5.32 Å². The summed E-state index contributed by atoms with van der Waals surface area (Å²) in [6.45, 7) is 3.68. The summed E-state index contributed by atoms with van der Waals surface area (Å²) in [5.41, 5.74) is 0.971. The van der Waals surface area contributed by atoms with Gasteiger partial charge < -0.3 is 10.1 Å². The molecule has 18 heavy (non-hydrogen) atoms. The first kappa shape index (κ1) is 13.7. The Labute approximate surface area is 118 Å². The highest BCUT2D eigenvalue weighted by molar-refractivity contribution is 6.33. The van der Waals surface area contributed by atoms with Crippen LogP contribution in [0.3, 0.4) is 0 Å². The summed E-state index contributed by atoms with van der Waals surface area (Å²) < 4.78 is 5.74. The van der Waals surface area contributed by atoms with Crippen LogP contribution in [0, 0.1) is 0 Å². The number of likely N-dealkylation sites (N-methyl/N-ethyl adjacent to an activating group) is 1. The molecular formula is C14H17Cl2NO. The van der Waals surface area contributed by atoms with Crippen LogP contribution in [0.2, 0.25) is 10.0 Å². The second-order valence-corrected chi connectivity index (χ2v) is 5.10. The standard InChI is InChI=1S/C14H17Cl2NO/c1-2-17-14(13-5-3-4-8-18-13)11-9-10(15)6-7-12(11)16/h5-7,9,14,17H,2-4,8H2,1H3. The molecule has 0 amide bonds. The molecule has 4 heteroatoms. The van der Waals surface area contributed by atoms with E-state index in [1.807, 2.05) is 12.1 Å². The molecule has 0 saturated carbocycles. The van der Waals surface area contributed by atoms with Gasteiger partial charge in [0.25, 0.3) is 0 Å². The SMILES string of the molecule is CCNC(C1=CCCCO1)c1cc(Cl)ccc1Cl. The van der Waals surface area contributed by atoms with E-state index in [-0.39, 0.29) is 6.04 Å². The third-order valence-corrected chi connectivity index (χ3v) is 3.50. The fraction of sp³-hybridized carbons (Fsp3) is 0.429. The zero-order valence-electron chi connectivity index (χ0n) is 10.4. The van der Waals surface area contributed by atoms with E-state index in [0.29, 0.717) is 10.0 Å². The van der Waals surface area contributed by atoms with Gasteiger partial charge in [0, 0.05) is 10.0 Å². The van der Waals surface area contributed by atoms with Crippen molar-refractivity contribution in [1.82, 2.24) is 5.32 Å². The van der Waals surface area contributed by atoms with Crippen molar-refractivity contribution >= 4 is 23.2 Å². The van der Waals surface area contributed by atoms with Crippen molar-refractivity contribution in [1.29, 1.82) is 0 Å². The minimum absolute atomic E-state index is 0.0125. The predicted molar refractivity (Wildman–Crippen MR) is 76.1 cm³/mol. The maximum absolute atomic E-state index is 6.26. The number of halogens is 2. The van der Waals surface area contributed by atoms with Gasteiger partial charge in [-0.1, -0.05) is 30.1 Å². The highest BCUT2D eigenvalue weighted by atomic mass is 35.5. The Hall–Kier alpha value is -0.700. The van der Waals surface area contributed by atoms with E-state index >= 15 is 0 Å². The number of nitrogens with one attached hydrogen (secondary N) is 1. The topological polar surface area (TPSA) is 21.3 Å². The Bertz CT molecular complexity index is 445. The van der Waals surface area contributed by atoms with Crippen LogP contribution in [-0.2, 0) is 4.74 Å². The van der Waals surface area contributed by atoms with Gasteiger partial charge in [0.1, 0.15) is 5.76 Å². The van der Waals surface area contributed by atoms with Crippen LogP contribution in [0.1, 0.15) is 31.4 Å². The fourth-order valence-corrected chi connectivity index (χ4v) is 2.49. The second-order valence-electron chi connectivity index (χ2n) is 4.25. The summed E-state index contributed by atoms with van der Waals surface area (Å²) in [5, 5.41) is 4.80. The highest BCUT2D eigenvalue weighted by Gasteiger charge is 2.21. The minimum Gasteiger partial charge on any atom is -0.496 e. The van der Waals surface area contributed by atoms with Crippen molar-refractivity contribution in [2.45, 2.75) is 25.8 Å². The Morgan fingerprint density at radius 1 is 1.39 bits per heavy atom. The summed E-state index contributed by atoms with van der Waals surface area (Å²) in [4.78, 5) is 0. The van der Waals surface area contributed by atoms with E-state index < -0.39 is 0 Å². The number of hydrogen-bond donors (Lipinski definition) is 1. The third-order valence-electron chi connectivity index (χ3n) is 2.92. The lowest BCUT2D eigenvalue weighted by atomic mass is 10.0. The number of ether oxygens (including phenoxy) is 1. The Balaban J connectivity index is 2.34. The molecule has 2 nitrogen and oxygen atoms in total. The molecule has 1 aliphatic heterocycles. The van der Waals surface area contributed by atoms with Crippen LogP contribution in [0.4, 0.5) is 0 Å². The summed E-state index contributed by atoms with van der Waals surface area (Å²) in [7, 11) is 0. The van der Waals surface area contributed by atoms with E-state index in [2.05, 4.69) is 18.3 Å². The van der Waals surface area contributed by atoms with Crippen molar-refractivity contribution in [3.63, 3.8) is 0 Å². The molecule has 1 N–H and O–H groups in total. The maximum Gasteiger partial charge on any atom is 0.113 e. The number of rotatable bonds is 4. The van der Waals surface area contributed by atoms with Crippen LogP contribution >= 0.6 is 23.2 Å². The molecule has 0 spiro atoms. The lowest BCUT2D eigenvalue weighted by Gasteiger charge is -2.25. The zero-order chi connectivity index (χ0) is 13.0. The van der Waals surface area contributed by atoms with Crippen molar-refractivity contribution in [2.75, 3.05) is 13.2 Å². The van der Waals surface area contributed by atoms with Gasteiger partial charge in [0.05, 0.1) is 12.6 Å². The maximum atomic E-state index is 6.26. The third kappa shape index (κ3) is 3.19. The quantitative estimate of drug-likeness (QED) is 0.889. The van der Waals surface area contributed by atoms with Gasteiger partial charge in [0.2, 0.25) is 0 Å². The lowest BCUT2D eigenvalue weighted by Crippen LogP contribution is -2.25. The molecule has 1 aromatic carbocycles. The fourth-order valence-electron chi connectivity index (χ4n) is 2.08. The van der Waals surface area contributed by atoms with E-state index in [0.717, 1.165) is 37.3 Å². The van der Waals surface area contributed by atoms with Gasteiger partial charge in [-0.15, -0.1) is 0 Å². The van der Waals surface area contributed by atoms with Gasteiger partial charge in [-0.2, -0.15) is 0 Å². The molecule has 0 aliphatic carbocycles. The molecule has 0 aromatic heterocycles. The van der Waals surface area contributed by atoms with E-state index in [1.54, 1.807) is 6.07 Å². The van der Waals surface area contributed by atoms with Gasteiger partial charge in [-0.05, 0) is 49.2 Å². The summed E-state index contributed by atoms with van der Waals surface area (Å²) in [6, 6.07) is 5.51.